The summed E-state index contributed by atoms with van der Waals surface area (Å²) >= 11 is 0. The smallest absolute Gasteiger partial charge is 0.239 e. The van der Waals surface area contributed by atoms with Gasteiger partial charge < -0.3 is 16.0 Å². The standard InChI is InChI=1S/C14H19N3O2.ClH/c1-10(13(15)11-5-3-2-4-6-11)14(19)17-8-7-16-12(18)9-17;/h2-6,10,13H,7-9,15H2,1H3,(H,16,18);1H. The highest BCUT2D eigenvalue weighted by Crippen LogP contribution is 2.21. The first-order chi connectivity index (χ1) is 9.09. The third-order valence-electron chi connectivity index (χ3n) is 3.46. The zero-order valence-electron chi connectivity index (χ0n) is 11.4. The van der Waals surface area contributed by atoms with Crippen LogP contribution in [0.15, 0.2) is 30.3 Å². The van der Waals surface area contributed by atoms with Crippen LogP contribution in [-0.2, 0) is 9.59 Å². The molecular formula is C14H20ClN3O2. The maximum absolute atomic E-state index is 12.3. The first-order valence-corrected chi connectivity index (χ1v) is 6.45. The Bertz CT molecular complexity index is 467. The first-order valence-electron chi connectivity index (χ1n) is 6.45. The van der Waals surface area contributed by atoms with E-state index in [2.05, 4.69) is 5.32 Å². The number of nitrogens with one attached hydrogen (secondary N) is 1. The van der Waals surface area contributed by atoms with Crippen LogP contribution in [0.1, 0.15) is 18.5 Å². The van der Waals surface area contributed by atoms with Crippen LogP contribution in [0.4, 0.5) is 0 Å². The maximum Gasteiger partial charge on any atom is 0.239 e. The molecule has 2 rings (SSSR count). The Morgan fingerprint density at radius 1 is 1.35 bits per heavy atom. The molecule has 0 spiro atoms. The van der Waals surface area contributed by atoms with Crippen LogP contribution >= 0.6 is 12.4 Å². The zero-order chi connectivity index (χ0) is 13.8. The molecule has 3 N–H and O–H groups in total. The molecule has 6 heteroatoms. The van der Waals surface area contributed by atoms with E-state index < -0.39 is 0 Å². The molecule has 20 heavy (non-hydrogen) atoms. The third kappa shape index (κ3) is 3.71. The lowest BCUT2D eigenvalue weighted by Crippen LogP contribution is -2.52. The number of hydrogen-bond donors (Lipinski definition) is 2. The molecule has 1 heterocycles. The molecule has 2 amide bonds. The summed E-state index contributed by atoms with van der Waals surface area (Å²) in [5, 5.41) is 2.70. The van der Waals surface area contributed by atoms with Gasteiger partial charge in [-0.2, -0.15) is 0 Å². The number of carbonyl (C=O) groups excluding carboxylic acids is 2. The Morgan fingerprint density at radius 3 is 2.60 bits per heavy atom. The summed E-state index contributed by atoms with van der Waals surface area (Å²) in [7, 11) is 0. The summed E-state index contributed by atoms with van der Waals surface area (Å²) in [5.74, 6) is -0.514. The van der Waals surface area contributed by atoms with Crippen LogP contribution in [0.3, 0.4) is 0 Å². The lowest BCUT2D eigenvalue weighted by atomic mass is 9.94. The van der Waals surface area contributed by atoms with Crippen LogP contribution < -0.4 is 11.1 Å². The summed E-state index contributed by atoms with van der Waals surface area (Å²) in [6, 6.07) is 9.20. The number of amides is 2. The summed E-state index contributed by atoms with van der Waals surface area (Å²) in [5.41, 5.74) is 7.07. The maximum atomic E-state index is 12.3. The van der Waals surface area contributed by atoms with E-state index in [1.165, 1.54) is 0 Å². The molecule has 0 aromatic heterocycles. The van der Waals surface area contributed by atoms with Crippen molar-refractivity contribution in [2.45, 2.75) is 13.0 Å². The van der Waals surface area contributed by atoms with Crippen LogP contribution in [-0.4, -0.2) is 36.3 Å². The van der Waals surface area contributed by atoms with Crippen molar-refractivity contribution in [3.05, 3.63) is 35.9 Å². The van der Waals surface area contributed by atoms with Gasteiger partial charge in [0, 0.05) is 19.1 Å². The fourth-order valence-corrected chi connectivity index (χ4v) is 2.23. The van der Waals surface area contributed by atoms with E-state index >= 15 is 0 Å². The summed E-state index contributed by atoms with van der Waals surface area (Å²) in [4.78, 5) is 25.2. The van der Waals surface area contributed by atoms with E-state index in [-0.39, 0.29) is 42.7 Å². The molecule has 2 atom stereocenters. The molecule has 5 nitrogen and oxygen atoms in total. The van der Waals surface area contributed by atoms with Gasteiger partial charge in [-0.15, -0.1) is 12.4 Å². The highest BCUT2D eigenvalue weighted by Gasteiger charge is 2.29. The summed E-state index contributed by atoms with van der Waals surface area (Å²) in [6.45, 7) is 3.01. The number of benzene rings is 1. The molecule has 1 saturated heterocycles. The predicted octanol–water partition coefficient (Wildman–Crippen LogP) is 0.703. The third-order valence-corrected chi connectivity index (χ3v) is 3.46. The van der Waals surface area contributed by atoms with Crippen molar-refractivity contribution in [2.75, 3.05) is 19.6 Å². The minimum Gasteiger partial charge on any atom is -0.353 e. The van der Waals surface area contributed by atoms with Gasteiger partial charge in [0.2, 0.25) is 11.8 Å². The Labute approximate surface area is 124 Å². The molecule has 1 aromatic carbocycles. The summed E-state index contributed by atoms with van der Waals surface area (Å²) < 4.78 is 0. The number of halogens is 1. The van der Waals surface area contributed by atoms with Gasteiger partial charge in [-0.1, -0.05) is 37.3 Å². The fraction of sp³-hybridized carbons (Fsp3) is 0.429. The second kappa shape index (κ2) is 7.26. The van der Waals surface area contributed by atoms with Gasteiger partial charge in [-0.05, 0) is 5.56 Å². The highest BCUT2D eigenvalue weighted by atomic mass is 35.5. The number of hydrogen-bond acceptors (Lipinski definition) is 3. The lowest BCUT2D eigenvalue weighted by molar-refractivity contribution is -0.141. The monoisotopic (exact) mass is 297 g/mol. The van der Waals surface area contributed by atoms with E-state index in [0.29, 0.717) is 13.1 Å². The topological polar surface area (TPSA) is 75.4 Å². The number of piperazine rings is 1. The molecule has 0 saturated carbocycles. The number of nitrogens with zero attached hydrogens (tertiary/aromatic N) is 1. The largest absolute Gasteiger partial charge is 0.353 e. The van der Waals surface area contributed by atoms with Crippen molar-refractivity contribution in [1.82, 2.24) is 10.2 Å². The van der Waals surface area contributed by atoms with Crippen molar-refractivity contribution in [3.63, 3.8) is 0 Å². The second-order valence-corrected chi connectivity index (χ2v) is 4.83. The zero-order valence-corrected chi connectivity index (χ0v) is 12.2. The van der Waals surface area contributed by atoms with Crippen molar-refractivity contribution in [3.8, 4) is 0 Å². The highest BCUT2D eigenvalue weighted by molar-refractivity contribution is 5.87. The average molecular weight is 298 g/mol. The van der Waals surface area contributed by atoms with Crippen LogP contribution in [0, 0.1) is 5.92 Å². The van der Waals surface area contributed by atoms with Gasteiger partial charge >= 0.3 is 0 Å². The normalized spacial score (nSPS) is 17.7. The molecule has 110 valence electrons. The number of nitrogens with two attached hydrogens (primary N) is 1. The quantitative estimate of drug-likeness (QED) is 0.862. The Kier molecular flexibility index (Phi) is 5.98. The van der Waals surface area contributed by atoms with Crippen molar-refractivity contribution < 1.29 is 9.59 Å². The molecular weight excluding hydrogens is 278 g/mol. The molecule has 0 aliphatic carbocycles. The molecule has 0 radical (unpaired) electrons. The Balaban J connectivity index is 0.00000200. The van der Waals surface area contributed by atoms with Gasteiger partial charge in [0.1, 0.15) is 0 Å². The van der Waals surface area contributed by atoms with Gasteiger partial charge in [0.15, 0.2) is 0 Å². The minimum atomic E-state index is -0.348. The first kappa shape index (κ1) is 16.5. The molecule has 1 aromatic rings. The van der Waals surface area contributed by atoms with Crippen LogP contribution in [0.5, 0.6) is 0 Å². The molecule has 1 fully saturated rings. The van der Waals surface area contributed by atoms with Crippen molar-refractivity contribution >= 4 is 24.2 Å². The molecule has 1 aliphatic heterocycles. The Morgan fingerprint density at radius 2 is 2.00 bits per heavy atom. The van der Waals surface area contributed by atoms with E-state index in [9.17, 15) is 9.59 Å². The average Bonchev–Trinajstić information content (AvgIpc) is 2.46. The molecule has 1 aliphatic rings. The van der Waals surface area contributed by atoms with E-state index in [1.807, 2.05) is 37.3 Å². The van der Waals surface area contributed by atoms with Gasteiger partial charge in [-0.25, -0.2) is 0 Å². The number of carbonyl (C=O) groups is 2. The summed E-state index contributed by atoms with van der Waals surface area (Å²) in [6.07, 6.45) is 0. The predicted molar refractivity (Wildman–Crippen MR) is 79.4 cm³/mol. The van der Waals surface area contributed by atoms with E-state index in [0.717, 1.165) is 5.56 Å². The molecule has 0 bridgehead atoms. The van der Waals surface area contributed by atoms with Gasteiger partial charge in [-0.3, -0.25) is 9.59 Å². The molecule has 2 unspecified atom stereocenters. The van der Waals surface area contributed by atoms with Crippen LogP contribution in [0.2, 0.25) is 0 Å². The lowest BCUT2D eigenvalue weighted by Gasteiger charge is -2.31. The van der Waals surface area contributed by atoms with E-state index in [4.69, 9.17) is 5.73 Å². The minimum absolute atomic E-state index is 0. The Hall–Kier alpha value is -1.59. The van der Waals surface area contributed by atoms with Gasteiger partial charge in [0.05, 0.1) is 12.5 Å². The fourth-order valence-electron chi connectivity index (χ4n) is 2.23. The van der Waals surface area contributed by atoms with Crippen molar-refractivity contribution in [1.29, 1.82) is 0 Å². The van der Waals surface area contributed by atoms with Crippen molar-refractivity contribution in [2.24, 2.45) is 11.7 Å². The second-order valence-electron chi connectivity index (χ2n) is 4.83. The van der Waals surface area contributed by atoms with Crippen LogP contribution in [0.25, 0.3) is 0 Å². The SMILES string of the molecule is CC(C(=O)N1CCNC(=O)C1)C(N)c1ccccc1.Cl. The van der Waals surface area contributed by atoms with E-state index in [1.54, 1.807) is 4.90 Å². The number of rotatable bonds is 3. The van der Waals surface area contributed by atoms with Gasteiger partial charge in [0.25, 0.3) is 0 Å².